The number of aliphatic carboxylic acids is 1. The summed E-state index contributed by atoms with van der Waals surface area (Å²) in [6, 6.07) is 0. The molecule has 1 saturated heterocycles. The summed E-state index contributed by atoms with van der Waals surface area (Å²) in [4.78, 5) is 20.5. The molecule has 5 heteroatoms. The van der Waals surface area contributed by atoms with E-state index in [0.717, 1.165) is 11.8 Å². The number of hydrogen-bond acceptors (Lipinski definition) is 3. The Labute approximate surface area is 55.6 Å². The Morgan fingerprint density at radius 3 is 2.78 bits per heavy atom. The lowest BCUT2D eigenvalue weighted by Crippen LogP contribution is -2.21. The molecule has 0 radical (unpaired) electrons. The Balaban J connectivity index is 2.48. The monoisotopic (exact) mass is 147 g/mol. The summed E-state index contributed by atoms with van der Waals surface area (Å²) in [6.45, 7) is 0.249. The van der Waals surface area contributed by atoms with E-state index in [1.165, 1.54) is 0 Å². The zero-order valence-corrected chi connectivity index (χ0v) is 5.27. The standard InChI is InChI=1S/C4H5NO3S/c6-3(7)2-1-5-4(8)9-2/h2H,1H2,(H,5,8)(H,6,7). The Hall–Kier alpha value is -0.710. The number of carboxylic acid groups (broad SMARTS) is 1. The maximum atomic E-state index is 10.3. The minimum Gasteiger partial charge on any atom is -0.480 e. The van der Waals surface area contributed by atoms with Gasteiger partial charge >= 0.3 is 5.97 Å². The van der Waals surface area contributed by atoms with Crippen LogP contribution in [0.4, 0.5) is 4.79 Å². The molecule has 1 rings (SSSR count). The second kappa shape index (κ2) is 2.26. The number of thioether (sulfide) groups is 1. The van der Waals surface area contributed by atoms with Crippen molar-refractivity contribution in [2.75, 3.05) is 6.54 Å². The SMILES string of the molecule is O=C1NCC(C(=O)O)S1. The van der Waals surface area contributed by atoms with E-state index in [1.54, 1.807) is 0 Å². The van der Waals surface area contributed by atoms with Crippen LogP contribution in [0.5, 0.6) is 0 Å². The number of hydrogen-bond donors (Lipinski definition) is 2. The highest BCUT2D eigenvalue weighted by atomic mass is 32.2. The lowest BCUT2D eigenvalue weighted by Gasteiger charge is -1.94. The Kier molecular flexibility index (Phi) is 1.61. The molecule has 2 N–H and O–H groups in total. The van der Waals surface area contributed by atoms with Gasteiger partial charge in [-0.2, -0.15) is 0 Å². The number of amides is 1. The predicted molar refractivity (Wildman–Crippen MR) is 32.4 cm³/mol. The van der Waals surface area contributed by atoms with Gasteiger partial charge < -0.3 is 10.4 Å². The number of carboxylic acids is 1. The molecule has 9 heavy (non-hydrogen) atoms. The van der Waals surface area contributed by atoms with Crippen LogP contribution in [0.25, 0.3) is 0 Å². The normalized spacial score (nSPS) is 25.8. The van der Waals surface area contributed by atoms with E-state index in [1.807, 2.05) is 0 Å². The average Bonchev–Trinajstić information content (AvgIpc) is 2.14. The molecule has 0 aromatic carbocycles. The summed E-state index contributed by atoms with van der Waals surface area (Å²) < 4.78 is 0. The van der Waals surface area contributed by atoms with Crippen molar-refractivity contribution in [2.45, 2.75) is 5.25 Å². The molecule has 0 aliphatic carbocycles. The van der Waals surface area contributed by atoms with Gasteiger partial charge in [0.05, 0.1) is 0 Å². The maximum absolute atomic E-state index is 10.3. The third-order valence-electron chi connectivity index (χ3n) is 0.957. The second-order valence-electron chi connectivity index (χ2n) is 1.61. The summed E-state index contributed by atoms with van der Waals surface area (Å²) in [7, 11) is 0. The van der Waals surface area contributed by atoms with Crippen LogP contribution in [-0.2, 0) is 4.79 Å². The van der Waals surface area contributed by atoms with Crippen molar-refractivity contribution in [1.29, 1.82) is 0 Å². The van der Waals surface area contributed by atoms with Crippen molar-refractivity contribution in [2.24, 2.45) is 0 Å². The molecule has 1 aliphatic rings. The smallest absolute Gasteiger partial charge is 0.318 e. The molecule has 0 saturated carbocycles. The maximum Gasteiger partial charge on any atom is 0.318 e. The number of carbonyl (C=O) groups is 2. The van der Waals surface area contributed by atoms with Crippen LogP contribution >= 0.6 is 11.8 Å². The van der Waals surface area contributed by atoms with Gasteiger partial charge in [-0.1, -0.05) is 0 Å². The van der Waals surface area contributed by atoms with Crippen molar-refractivity contribution >= 4 is 23.0 Å². The first kappa shape index (κ1) is 6.41. The molecule has 1 unspecified atom stereocenters. The molecule has 4 nitrogen and oxygen atoms in total. The molecule has 1 fully saturated rings. The average molecular weight is 147 g/mol. The van der Waals surface area contributed by atoms with E-state index in [-0.39, 0.29) is 11.8 Å². The molecular formula is C4H5NO3S. The Morgan fingerprint density at radius 1 is 1.89 bits per heavy atom. The summed E-state index contributed by atoms with van der Waals surface area (Å²) in [5, 5.41) is 9.88. The van der Waals surface area contributed by atoms with E-state index >= 15 is 0 Å². The van der Waals surface area contributed by atoms with E-state index in [4.69, 9.17) is 5.11 Å². The first-order valence-electron chi connectivity index (χ1n) is 2.37. The van der Waals surface area contributed by atoms with Crippen molar-refractivity contribution < 1.29 is 14.7 Å². The van der Waals surface area contributed by atoms with Gasteiger partial charge in [0.1, 0.15) is 5.25 Å². The molecule has 0 spiro atoms. The van der Waals surface area contributed by atoms with Crippen LogP contribution < -0.4 is 5.32 Å². The van der Waals surface area contributed by atoms with Crippen LogP contribution in [0, 0.1) is 0 Å². The highest BCUT2D eigenvalue weighted by Crippen LogP contribution is 2.16. The lowest BCUT2D eigenvalue weighted by atomic mass is 10.4. The minimum atomic E-state index is -0.932. The van der Waals surface area contributed by atoms with Gasteiger partial charge in [-0.25, -0.2) is 0 Å². The molecule has 1 amide bonds. The van der Waals surface area contributed by atoms with Crippen LogP contribution in [0.2, 0.25) is 0 Å². The Bertz CT molecular complexity index is 158. The minimum absolute atomic E-state index is 0.248. The van der Waals surface area contributed by atoms with Crippen molar-refractivity contribution in [3.8, 4) is 0 Å². The number of carbonyl (C=O) groups excluding carboxylic acids is 1. The molecule has 1 heterocycles. The van der Waals surface area contributed by atoms with Gasteiger partial charge in [-0.3, -0.25) is 9.59 Å². The molecule has 50 valence electrons. The fraction of sp³-hybridized carbons (Fsp3) is 0.500. The number of nitrogens with one attached hydrogen (secondary N) is 1. The van der Waals surface area contributed by atoms with Crippen molar-refractivity contribution in [3.63, 3.8) is 0 Å². The van der Waals surface area contributed by atoms with E-state index in [0.29, 0.717) is 0 Å². The third-order valence-corrected chi connectivity index (χ3v) is 1.97. The van der Waals surface area contributed by atoms with Gasteiger partial charge in [-0.05, 0) is 11.8 Å². The highest BCUT2D eigenvalue weighted by molar-refractivity contribution is 8.15. The van der Waals surface area contributed by atoms with Gasteiger partial charge in [-0.15, -0.1) is 0 Å². The van der Waals surface area contributed by atoms with Gasteiger partial charge in [0, 0.05) is 6.54 Å². The summed E-state index contributed by atoms with van der Waals surface area (Å²) in [5.41, 5.74) is 0. The summed E-state index contributed by atoms with van der Waals surface area (Å²) in [6.07, 6.45) is 0. The highest BCUT2D eigenvalue weighted by Gasteiger charge is 2.28. The fourth-order valence-electron chi connectivity index (χ4n) is 0.526. The topological polar surface area (TPSA) is 66.4 Å². The second-order valence-corrected chi connectivity index (χ2v) is 2.79. The molecule has 0 aromatic heterocycles. The summed E-state index contributed by atoms with van der Waals surface area (Å²) >= 11 is 0.824. The molecule has 1 aliphatic heterocycles. The molecule has 1 atom stereocenters. The van der Waals surface area contributed by atoms with Crippen molar-refractivity contribution in [1.82, 2.24) is 5.32 Å². The van der Waals surface area contributed by atoms with Crippen molar-refractivity contribution in [3.05, 3.63) is 0 Å². The zero-order chi connectivity index (χ0) is 6.85. The van der Waals surface area contributed by atoms with E-state index in [2.05, 4.69) is 5.32 Å². The molecule has 0 bridgehead atoms. The van der Waals surface area contributed by atoms with Gasteiger partial charge in [0.25, 0.3) is 5.24 Å². The van der Waals surface area contributed by atoms with Gasteiger partial charge in [0.2, 0.25) is 0 Å². The lowest BCUT2D eigenvalue weighted by molar-refractivity contribution is -0.136. The van der Waals surface area contributed by atoms with E-state index < -0.39 is 11.2 Å². The summed E-state index contributed by atoms with van der Waals surface area (Å²) in [5.74, 6) is -0.932. The molecule has 0 aromatic rings. The quantitative estimate of drug-likeness (QED) is 0.543. The molecular weight excluding hydrogens is 142 g/mol. The third kappa shape index (κ3) is 1.35. The first-order valence-corrected chi connectivity index (χ1v) is 3.25. The number of rotatable bonds is 1. The van der Waals surface area contributed by atoms with Crippen LogP contribution in [0.3, 0.4) is 0 Å². The Morgan fingerprint density at radius 2 is 2.56 bits per heavy atom. The zero-order valence-electron chi connectivity index (χ0n) is 4.46. The van der Waals surface area contributed by atoms with Gasteiger partial charge in [0.15, 0.2) is 0 Å². The fourth-order valence-corrected chi connectivity index (χ4v) is 1.22. The van der Waals surface area contributed by atoms with Crippen LogP contribution in [0.1, 0.15) is 0 Å². The van der Waals surface area contributed by atoms with Crippen LogP contribution in [0.15, 0.2) is 0 Å². The predicted octanol–water partition coefficient (Wildman–Crippen LogP) is -0.104. The van der Waals surface area contributed by atoms with E-state index in [9.17, 15) is 9.59 Å². The van der Waals surface area contributed by atoms with Crippen LogP contribution in [-0.4, -0.2) is 28.1 Å². The first-order chi connectivity index (χ1) is 4.20. The largest absolute Gasteiger partial charge is 0.480 e.